The zero-order valence-corrected chi connectivity index (χ0v) is 5.38. The molecule has 0 aromatic heterocycles. The zero-order chi connectivity index (χ0) is 7.11. The lowest BCUT2D eigenvalue weighted by Crippen LogP contribution is -2.16. The van der Waals surface area contributed by atoms with E-state index in [4.69, 9.17) is 5.26 Å². The Kier molecular flexibility index (Phi) is 4.25. The average Bonchev–Trinajstić information content (AvgIpc) is 1.88. The molecule has 0 aliphatic heterocycles. The molecule has 9 heavy (non-hydrogen) atoms. The molecule has 0 aromatic carbocycles. The smallest absolute Gasteiger partial charge is 0.179 e. The third-order valence-electron chi connectivity index (χ3n) is 0.840. The lowest BCUT2D eigenvalue weighted by molar-refractivity contribution is 0.482. The normalized spacial score (nSPS) is 7.44. The zero-order valence-electron chi connectivity index (χ0n) is 5.38. The quantitative estimate of drug-likeness (QED) is 0.317. The van der Waals surface area contributed by atoms with E-state index in [2.05, 4.69) is 13.2 Å². The molecule has 0 atom stereocenters. The molecule has 0 radical (unpaired) electrons. The van der Waals surface area contributed by atoms with Crippen molar-refractivity contribution >= 4 is 0 Å². The summed E-state index contributed by atoms with van der Waals surface area (Å²) in [5.74, 6) is 0. The van der Waals surface area contributed by atoms with Crippen LogP contribution >= 0.6 is 0 Å². The van der Waals surface area contributed by atoms with Crippen LogP contribution in [0.4, 0.5) is 0 Å². The van der Waals surface area contributed by atoms with E-state index in [1.165, 1.54) is 0 Å². The minimum atomic E-state index is 0.600. The highest BCUT2D eigenvalue weighted by Crippen LogP contribution is 1.83. The lowest BCUT2D eigenvalue weighted by atomic mass is 10.5. The van der Waals surface area contributed by atoms with Gasteiger partial charge in [-0.2, -0.15) is 5.26 Å². The summed E-state index contributed by atoms with van der Waals surface area (Å²) in [6.45, 7) is 8.21. The first-order valence-corrected chi connectivity index (χ1v) is 2.71. The molecule has 0 heterocycles. The fourth-order valence-corrected chi connectivity index (χ4v) is 0.468. The molecule has 0 bridgehead atoms. The van der Waals surface area contributed by atoms with Gasteiger partial charge < -0.3 is 4.90 Å². The minimum Gasteiger partial charge on any atom is -0.303 e. The van der Waals surface area contributed by atoms with Crippen LogP contribution in [0.2, 0.25) is 0 Å². The van der Waals surface area contributed by atoms with Gasteiger partial charge in [-0.25, -0.2) is 0 Å². The van der Waals surface area contributed by atoms with Crippen molar-refractivity contribution < 1.29 is 0 Å². The van der Waals surface area contributed by atoms with Gasteiger partial charge in [0, 0.05) is 13.1 Å². The topological polar surface area (TPSA) is 27.0 Å². The molecular formula is C7H10N2. The van der Waals surface area contributed by atoms with Crippen LogP contribution in [0.5, 0.6) is 0 Å². The van der Waals surface area contributed by atoms with Gasteiger partial charge in [-0.1, -0.05) is 12.2 Å². The van der Waals surface area contributed by atoms with Crippen molar-refractivity contribution in [2.75, 3.05) is 13.1 Å². The molecule has 0 amide bonds. The van der Waals surface area contributed by atoms with Crippen molar-refractivity contribution in [3.8, 4) is 6.19 Å². The van der Waals surface area contributed by atoms with Crippen LogP contribution in [-0.2, 0) is 0 Å². The highest BCUT2D eigenvalue weighted by molar-refractivity contribution is 4.86. The summed E-state index contributed by atoms with van der Waals surface area (Å²) < 4.78 is 0. The fraction of sp³-hybridized carbons (Fsp3) is 0.286. The first-order chi connectivity index (χ1) is 4.35. The summed E-state index contributed by atoms with van der Waals surface area (Å²) in [7, 11) is 0. The second kappa shape index (κ2) is 4.92. The van der Waals surface area contributed by atoms with E-state index in [-0.39, 0.29) is 0 Å². The Morgan fingerprint density at radius 3 is 2.00 bits per heavy atom. The Labute approximate surface area is 55.7 Å². The van der Waals surface area contributed by atoms with Gasteiger partial charge in [0.15, 0.2) is 6.19 Å². The average molecular weight is 122 g/mol. The molecule has 0 N–H and O–H groups in total. The predicted molar refractivity (Wildman–Crippen MR) is 37.6 cm³/mol. The third kappa shape index (κ3) is 3.36. The molecule has 0 unspecified atom stereocenters. The van der Waals surface area contributed by atoms with Crippen molar-refractivity contribution in [2.24, 2.45) is 0 Å². The largest absolute Gasteiger partial charge is 0.303 e. The summed E-state index contributed by atoms with van der Waals surface area (Å²) in [5.41, 5.74) is 0. The van der Waals surface area contributed by atoms with Crippen molar-refractivity contribution in [1.82, 2.24) is 4.90 Å². The van der Waals surface area contributed by atoms with Crippen LogP contribution in [0.25, 0.3) is 0 Å². The molecule has 0 aromatic rings. The van der Waals surface area contributed by atoms with Crippen LogP contribution in [0.1, 0.15) is 0 Å². The predicted octanol–water partition coefficient (Wildman–Crippen LogP) is 1.14. The first-order valence-electron chi connectivity index (χ1n) is 2.71. The lowest BCUT2D eigenvalue weighted by Gasteiger charge is -2.07. The van der Waals surface area contributed by atoms with Gasteiger partial charge in [0.25, 0.3) is 0 Å². The number of hydrogen-bond acceptors (Lipinski definition) is 2. The van der Waals surface area contributed by atoms with Gasteiger partial charge in [0.2, 0.25) is 0 Å². The summed E-state index contributed by atoms with van der Waals surface area (Å²) in [4.78, 5) is 1.56. The van der Waals surface area contributed by atoms with Crippen molar-refractivity contribution in [2.45, 2.75) is 0 Å². The molecule has 48 valence electrons. The molecule has 0 saturated carbocycles. The van der Waals surface area contributed by atoms with Crippen LogP contribution < -0.4 is 0 Å². The molecule has 0 rings (SSSR count). The summed E-state index contributed by atoms with van der Waals surface area (Å²) in [5, 5.41) is 8.37. The molecule has 0 aliphatic rings. The third-order valence-corrected chi connectivity index (χ3v) is 0.840. The highest BCUT2D eigenvalue weighted by atomic mass is 15.1. The van der Waals surface area contributed by atoms with Crippen LogP contribution in [0.3, 0.4) is 0 Å². The van der Waals surface area contributed by atoms with Crippen molar-refractivity contribution in [1.29, 1.82) is 5.26 Å². The number of nitriles is 1. The maximum absolute atomic E-state index is 8.37. The Bertz CT molecular complexity index is 122. The molecule has 0 fully saturated rings. The standard InChI is InChI=1S/C7H10N2/c1-3-5-9(7-8)6-4-2/h3-4H,1-2,5-6H2. The SMILES string of the molecule is C=CCN(C#N)CC=C. The van der Waals surface area contributed by atoms with Crippen molar-refractivity contribution in [3.05, 3.63) is 25.3 Å². The van der Waals surface area contributed by atoms with Gasteiger partial charge in [0.05, 0.1) is 0 Å². The van der Waals surface area contributed by atoms with Gasteiger partial charge in [-0.3, -0.25) is 0 Å². The molecular weight excluding hydrogens is 112 g/mol. The molecule has 0 aliphatic carbocycles. The second-order valence-electron chi connectivity index (χ2n) is 1.58. The molecule has 0 saturated heterocycles. The number of nitrogens with zero attached hydrogens (tertiary/aromatic N) is 2. The summed E-state index contributed by atoms with van der Waals surface area (Å²) in [6, 6.07) is 0. The van der Waals surface area contributed by atoms with E-state index in [9.17, 15) is 0 Å². The maximum Gasteiger partial charge on any atom is 0.179 e. The van der Waals surface area contributed by atoms with Gasteiger partial charge in [-0.05, 0) is 0 Å². The van der Waals surface area contributed by atoms with E-state index in [1.807, 2.05) is 6.19 Å². The fourth-order valence-electron chi connectivity index (χ4n) is 0.468. The van der Waals surface area contributed by atoms with Crippen LogP contribution in [-0.4, -0.2) is 18.0 Å². The van der Waals surface area contributed by atoms with E-state index >= 15 is 0 Å². The number of rotatable bonds is 4. The van der Waals surface area contributed by atoms with E-state index in [0.29, 0.717) is 13.1 Å². The van der Waals surface area contributed by atoms with Crippen LogP contribution in [0, 0.1) is 11.5 Å². The summed E-state index contributed by atoms with van der Waals surface area (Å²) >= 11 is 0. The van der Waals surface area contributed by atoms with E-state index < -0.39 is 0 Å². The van der Waals surface area contributed by atoms with E-state index in [1.54, 1.807) is 17.1 Å². The molecule has 2 heteroatoms. The maximum atomic E-state index is 8.37. The Morgan fingerprint density at radius 1 is 1.33 bits per heavy atom. The van der Waals surface area contributed by atoms with Gasteiger partial charge >= 0.3 is 0 Å². The minimum absolute atomic E-state index is 0.600. The highest BCUT2D eigenvalue weighted by Gasteiger charge is 1.91. The number of hydrogen-bond donors (Lipinski definition) is 0. The van der Waals surface area contributed by atoms with E-state index in [0.717, 1.165) is 0 Å². The first kappa shape index (κ1) is 7.77. The Morgan fingerprint density at radius 2 is 1.78 bits per heavy atom. The van der Waals surface area contributed by atoms with Crippen LogP contribution in [0.15, 0.2) is 25.3 Å². The van der Waals surface area contributed by atoms with Crippen molar-refractivity contribution in [3.63, 3.8) is 0 Å². The molecule has 2 nitrogen and oxygen atoms in total. The Balaban J connectivity index is 3.56. The van der Waals surface area contributed by atoms with Gasteiger partial charge in [0.1, 0.15) is 0 Å². The monoisotopic (exact) mass is 122 g/mol. The summed E-state index contributed by atoms with van der Waals surface area (Å²) in [6.07, 6.45) is 5.37. The Hall–Kier alpha value is -1.23. The second-order valence-corrected chi connectivity index (χ2v) is 1.58. The molecule has 0 spiro atoms. The van der Waals surface area contributed by atoms with Gasteiger partial charge in [-0.15, -0.1) is 13.2 Å².